The smallest absolute Gasteiger partial charge is 0.376 e. The van der Waals surface area contributed by atoms with Crippen molar-refractivity contribution in [1.82, 2.24) is 0 Å². The first kappa shape index (κ1) is 27.0. The van der Waals surface area contributed by atoms with Crippen molar-refractivity contribution >= 4 is 77.2 Å². The predicted molar refractivity (Wildman–Crippen MR) is 149 cm³/mol. The van der Waals surface area contributed by atoms with Gasteiger partial charge in [0, 0.05) is 22.9 Å². The summed E-state index contributed by atoms with van der Waals surface area (Å²) in [6, 6.07) is 17.1. The van der Waals surface area contributed by atoms with Gasteiger partial charge in [0.2, 0.25) is 5.58 Å². The van der Waals surface area contributed by atoms with E-state index in [-0.39, 0.29) is 25.1 Å². The van der Waals surface area contributed by atoms with Gasteiger partial charge in [-0.05, 0) is 42.1 Å². The Morgan fingerprint density at radius 2 is 1.71 bits per heavy atom. The second kappa shape index (κ2) is 10.5. The van der Waals surface area contributed by atoms with Crippen molar-refractivity contribution in [2.75, 3.05) is 23.0 Å². The molecule has 0 bridgehead atoms. The molecule has 0 saturated heterocycles. The molecule has 0 aliphatic carbocycles. The second-order valence-electron chi connectivity index (χ2n) is 8.85. The Balaban J connectivity index is 1.60. The molecule has 1 aromatic heterocycles. The van der Waals surface area contributed by atoms with Crippen LogP contribution in [0.4, 0.5) is 5.69 Å². The number of nitrogens with zero attached hydrogens (tertiary/aromatic N) is 2. The van der Waals surface area contributed by atoms with Gasteiger partial charge in [-0.2, -0.15) is 21.4 Å². The molecule has 1 aliphatic heterocycles. The zero-order chi connectivity index (χ0) is 27.1. The van der Waals surface area contributed by atoms with Crippen LogP contribution in [-0.4, -0.2) is 44.0 Å². The average molecular weight is 596 g/mol. The van der Waals surface area contributed by atoms with Crippen LogP contribution in [0.1, 0.15) is 18.7 Å². The van der Waals surface area contributed by atoms with Crippen LogP contribution in [0.5, 0.6) is 0 Å². The van der Waals surface area contributed by atoms with Crippen LogP contribution in [0.15, 0.2) is 68.9 Å². The molecule has 5 rings (SSSR count). The SMILES string of the molecule is O=S(=O)(O)CCCN1/C(=C/c2oc3ccc4ccccc4c3[n+]2CCCS(=O)(=O)O)Sc2ccc(Cl)cc21. The summed E-state index contributed by atoms with van der Waals surface area (Å²) in [5.41, 5.74) is 2.22. The van der Waals surface area contributed by atoms with E-state index in [1.54, 1.807) is 12.1 Å². The second-order valence-corrected chi connectivity index (χ2v) is 13.5. The highest BCUT2D eigenvalue weighted by Crippen LogP contribution is 2.47. The number of fused-ring (bicyclic) bond motifs is 4. The molecule has 0 amide bonds. The largest absolute Gasteiger partial charge is 0.398 e. The van der Waals surface area contributed by atoms with E-state index in [4.69, 9.17) is 16.0 Å². The molecule has 0 radical (unpaired) electrons. The Bertz CT molecular complexity index is 1780. The number of aromatic nitrogens is 1. The highest BCUT2D eigenvalue weighted by molar-refractivity contribution is 8.03. The van der Waals surface area contributed by atoms with Gasteiger partial charge < -0.3 is 9.32 Å². The first-order chi connectivity index (χ1) is 18.0. The molecule has 0 unspecified atom stereocenters. The number of halogens is 1. The summed E-state index contributed by atoms with van der Waals surface area (Å²) in [4.78, 5) is 2.84. The number of thioether (sulfide) groups is 1. The van der Waals surface area contributed by atoms with Crippen LogP contribution in [0.25, 0.3) is 27.9 Å². The highest BCUT2D eigenvalue weighted by atomic mass is 35.5. The third-order valence-electron chi connectivity index (χ3n) is 6.12. The summed E-state index contributed by atoms with van der Waals surface area (Å²) in [5, 5.41) is 3.21. The van der Waals surface area contributed by atoms with Crippen molar-refractivity contribution in [1.29, 1.82) is 0 Å². The van der Waals surface area contributed by atoms with Gasteiger partial charge in [0.25, 0.3) is 25.8 Å². The van der Waals surface area contributed by atoms with Crippen molar-refractivity contribution in [2.45, 2.75) is 24.3 Å². The van der Waals surface area contributed by atoms with E-state index in [1.165, 1.54) is 11.8 Å². The molecule has 2 heterocycles. The average Bonchev–Trinajstić information content (AvgIpc) is 3.35. The number of rotatable bonds is 9. The summed E-state index contributed by atoms with van der Waals surface area (Å²) < 4.78 is 72.1. The molecule has 0 spiro atoms. The lowest BCUT2D eigenvalue weighted by atomic mass is 10.1. The molecule has 0 fully saturated rings. The Morgan fingerprint density at radius 1 is 0.974 bits per heavy atom. The van der Waals surface area contributed by atoms with Gasteiger partial charge in [0.15, 0.2) is 6.54 Å². The molecule has 200 valence electrons. The summed E-state index contributed by atoms with van der Waals surface area (Å²) >= 11 is 7.71. The quantitative estimate of drug-likeness (QED) is 0.203. The molecular formula is C25H24ClN2O7S3+. The van der Waals surface area contributed by atoms with E-state index >= 15 is 0 Å². The lowest BCUT2D eigenvalue weighted by molar-refractivity contribution is -0.677. The summed E-state index contributed by atoms with van der Waals surface area (Å²) in [6.45, 7) is 0.573. The number of oxazole rings is 1. The molecule has 3 aromatic carbocycles. The number of hydrogen-bond acceptors (Lipinski definition) is 7. The Morgan fingerprint density at radius 3 is 2.47 bits per heavy atom. The Kier molecular flexibility index (Phi) is 7.46. The topological polar surface area (TPSA) is 129 Å². The minimum Gasteiger partial charge on any atom is -0.398 e. The zero-order valence-corrected chi connectivity index (χ0v) is 23.2. The van der Waals surface area contributed by atoms with Gasteiger partial charge in [-0.15, -0.1) is 0 Å². The predicted octanol–water partition coefficient (Wildman–Crippen LogP) is 4.99. The number of anilines is 1. The molecule has 0 atom stereocenters. The van der Waals surface area contributed by atoms with Crippen LogP contribution < -0.4 is 9.47 Å². The van der Waals surface area contributed by atoms with Crippen LogP contribution in [-0.2, 0) is 26.8 Å². The highest BCUT2D eigenvalue weighted by Gasteiger charge is 2.30. The Hall–Kier alpha value is -2.61. The fourth-order valence-corrected chi connectivity index (χ4v) is 6.78. The fourth-order valence-electron chi connectivity index (χ4n) is 4.53. The minimum atomic E-state index is -4.13. The fraction of sp³-hybridized carbons (Fsp3) is 0.240. The molecule has 1 aliphatic rings. The maximum absolute atomic E-state index is 11.4. The van der Waals surface area contributed by atoms with Crippen LogP contribution in [0.2, 0.25) is 5.02 Å². The lowest BCUT2D eigenvalue weighted by Crippen LogP contribution is -2.36. The molecule has 4 aromatic rings. The van der Waals surface area contributed by atoms with Gasteiger partial charge in [0.05, 0.1) is 33.7 Å². The first-order valence-electron chi connectivity index (χ1n) is 11.7. The number of hydrogen-bond donors (Lipinski definition) is 2. The van der Waals surface area contributed by atoms with Crippen molar-refractivity contribution in [3.8, 4) is 0 Å². The minimum absolute atomic E-state index is 0.165. The van der Waals surface area contributed by atoms with E-state index < -0.39 is 26.0 Å². The van der Waals surface area contributed by atoms with Gasteiger partial charge in [-0.1, -0.05) is 47.6 Å². The monoisotopic (exact) mass is 595 g/mol. The standard InChI is InChI=1S/C25H23ClN2O7S3/c26-18-8-10-22-20(15-18)27(11-3-13-37(29,30)31)24(36-22)16-23-28(12-4-14-38(32,33)34)25-19-6-2-1-5-17(19)7-9-21(25)35-23/h1-2,5-10,15-16H,3-4,11-14H2,(H-,29,30,31,32,33,34)/p+1. The molecular weight excluding hydrogens is 572 g/mol. The normalized spacial score (nSPS) is 15.1. The molecule has 0 saturated carbocycles. The summed E-state index contributed by atoms with van der Waals surface area (Å²) in [6.07, 6.45) is 2.18. The van der Waals surface area contributed by atoms with Gasteiger partial charge in [0.1, 0.15) is 0 Å². The van der Waals surface area contributed by atoms with Crippen LogP contribution in [0.3, 0.4) is 0 Å². The van der Waals surface area contributed by atoms with E-state index in [0.717, 1.165) is 31.9 Å². The third kappa shape index (κ3) is 6.00. The van der Waals surface area contributed by atoms with Crippen LogP contribution >= 0.6 is 23.4 Å². The van der Waals surface area contributed by atoms with Gasteiger partial charge in [-0.25, -0.2) is 0 Å². The van der Waals surface area contributed by atoms with E-state index in [1.807, 2.05) is 58.0 Å². The van der Waals surface area contributed by atoms with Gasteiger partial charge in [-0.3, -0.25) is 9.11 Å². The zero-order valence-electron chi connectivity index (χ0n) is 19.9. The number of benzene rings is 3. The van der Waals surface area contributed by atoms with Crippen LogP contribution in [0, 0.1) is 0 Å². The molecule has 38 heavy (non-hydrogen) atoms. The van der Waals surface area contributed by atoms with Crippen molar-refractivity contribution in [3.05, 3.63) is 70.5 Å². The number of aryl methyl sites for hydroxylation is 1. The molecule has 13 heteroatoms. The summed E-state index contributed by atoms with van der Waals surface area (Å²) in [7, 11) is -8.25. The Labute approximate surface area is 229 Å². The summed E-state index contributed by atoms with van der Waals surface area (Å²) in [5.74, 6) is -0.315. The first-order valence-corrected chi connectivity index (χ1v) is 16.1. The van der Waals surface area contributed by atoms with Crippen molar-refractivity contribution in [2.24, 2.45) is 0 Å². The molecule has 9 nitrogen and oxygen atoms in total. The van der Waals surface area contributed by atoms with E-state index in [0.29, 0.717) is 23.0 Å². The van der Waals surface area contributed by atoms with E-state index in [2.05, 4.69) is 0 Å². The maximum Gasteiger partial charge on any atom is 0.376 e. The van der Waals surface area contributed by atoms with E-state index in [9.17, 15) is 25.9 Å². The molecule has 2 N–H and O–H groups in total. The van der Waals surface area contributed by atoms with Crippen molar-refractivity contribution in [3.63, 3.8) is 0 Å². The maximum atomic E-state index is 11.4. The third-order valence-corrected chi connectivity index (χ3v) is 9.08. The van der Waals surface area contributed by atoms with Gasteiger partial charge >= 0.3 is 5.89 Å². The lowest BCUT2D eigenvalue weighted by Gasteiger charge is -2.19. The van der Waals surface area contributed by atoms with Crippen molar-refractivity contribution < 1.29 is 34.9 Å².